The number of benzene rings is 2. The number of nitrogens with zero attached hydrogens (tertiary/aromatic N) is 2. The van der Waals surface area contributed by atoms with Gasteiger partial charge in [0.1, 0.15) is 5.69 Å². The van der Waals surface area contributed by atoms with E-state index in [1.165, 1.54) is 12.5 Å². The Bertz CT molecular complexity index is 995. The Kier molecular flexibility index (Phi) is 5.89. The lowest BCUT2D eigenvalue weighted by atomic mass is 9.86. The Morgan fingerprint density at radius 1 is 1.07 bits per heavy atom. The second-order valence-corrected chi connectivity index (χ2v) is 6.70. The Hall–Kier alpha value is -3.72. The van der Waals surface area contributed by atoms with Gasteiger partial charge in [-0.2, -0.15) is 0 Å². The number of rotatable bonds is 7. The molecule has 0 aliphatic heterocycles. The summed E-state index contributed by atoms with van der Waals surface area (Å²) in [6, 6.07) is 17.1. The number of esters is 1. The van der Waals surface area contributed by atoms with E-state index in [-0.39, 0.29) is 10.8 Å². The molecule has 0 fully saturated rings. The van der Waals surface area contributed by atoms with E-state index in [0.29, 0.717) is 11.1 Å². The third kappa shape index (κ3) is 3.94. The number of hydrogen-bond acceptors (Lipinski definition) is 8. The van der Waals surface area contributed by atoms with E-state index in [1.807, 2.05) is 0 Å². The second kappa shape index (κ2) is 8.53. The van der Waals surface area contributed by atoms with E-state index < -0.39 is 23.3 Å². The summed E-state index contributed by atoms with van der Waals surface area (Å²) in [4.78, 5) is 34.3. The Labute approximate surface area is 170 Å². The van der Waals surface area contributed by atoms with Crippen molar-refractivity contribution in [3.8, 4) is 0 Å². The summed E-state index contributed by atoms with van der Waals surface area (Å²) < 4.78 is 5.01. The number of hydrogen-bond donors (Lipinski definition) is 2. The zero-order valence-electron chi connectivity index (χ0n) is 15.3. The lowest BCUT2D eigenvalue weighted by molar-refractivity contribution is -0.165. The molecule has 8 nitrogen and oxygen atoms in total. The highest BCUT2D eigenvalue weighted by Crippen LogP contribution is 2.35. The zero-order valence-corrected chi connectivity index (χ0v) is 16.1. The van der Waals surface area contributed by atoms with Gasteiger partial charge < -0.3 is 20.4 Å². The molecule has 2 aromatic carbocycles. The fraction of sp³-hybridized carbons (Fsp3) is 0.100. The minimum atomic E-state index is -1.82. The van der Waals surface area contributed by atoms with Crippen molar-refractivity contribution in [1.29, 1.82) is 0 Å². The lowest BCUT2D eigenvalue weighted by Crippen LogP contribution is -2.40. The lowest BCUT2D eigenvalue weighted by Gasteiger charge is -2.29. The van der Waals surface area contributed by atoms with Crippen molar-refractivity contribution in [3.05, 3.63) is 82.9 Å². The Morgan fingerprint density at radius 2 is 1.62 bits per heavy atom. The third-order valence-corrected chi connectivity index (χ3v) is 4.75. The van der Waals surface area contributed by atoms with E-state index in [1.54, 1.807) is 60.7 Å². The fourth-order valence-corrected chi connectivity index (χ4v) is 3.29. The highest BCUT2D eigenvalue weighted by Gasteiger charge is 2.47. The molecule has 0 saturated carbocycles. The molecule has 3 N–H and O–H groups in total. The molecule has 0 amide bonds. The molecule has 9 heteroatoms. The molecular formula is C20H17N3O5S. The van der Waals surface area contributed by atoms with Crippen molar-refractivity contribution in [2.75, 3.05) is 12.8 Å². The average molecular weight is 411 g/mol. The first-order chi connectivity index (χ1) is 14.0. The quantitative estimate of drug-likeness (QED) is 0.348. The molecule has 0 spiro atoms. The van der Waals surface area contributed by atoms with Crippen LogP contribution >= 0.6 is 11.3 Å². The molecule has 3 rings (SSSR count). The van der Waals surface area contributed by atoms with E-state index in [0.717, 1.165) is 11.3 Å². The summed E-state index contributed by atoms with van der Waals surface area (Å²) in [5, 5.41) is 15.0. The molecule has 3 aromatic rings. The van der Waals surface area contributed by atoms with Gasteiger partial charge in [0.2, 0.25) is 5.71 Å². The van der Waals surface area contributed by atoms with Gasteiger partial charge >= 0.3 is 11.9 Å². The highest BCUT2D eigenvalue weighted by atomic mass is 32.1. The Balaban J connectivity index is 2.19. The number of carbonyl (C=O) groups is 2. The highest BCUT2D eigenvalue weighted by molar-refractivity contribution is 7.13. The van der Waals surface area contributed by atoms with Gasteiger partial charge in [0, 0.05) is 16.5 Å². The molecule has 1 aromatic heterocycles. The topological polar surface area (TPSA) is 124 Å². The number of carboxylic acid groups (broad SMARTS) is 1. The van der Waals surface area contributed by atoms with Gasteiger partial charge in [-0.15, -0.1) is 11.3 Å². The van der Waals surface area contributed by atoms with Crippen molar-refractivity contribution < 1.29 is 24.3 Å². The number of ether oxygens (including phenoxy) is 1. The molecule has 0 aliphatic rings. The third-order valence-electron chi connectivity index (χ3n) is 4.07. The van der Waals surface area contributed by atoms with Gasteiger partial charge in [-0.1, -0.05) is 65.8 Å². The smallest absolute Gasteiger partial charge is 0.362 e. The molecule has 148 valence electrons. The SMILES string of the molecule is COC(=O)C(O/N=C(\C(=O)O)c1csc(N)n1)(c1ccccc1)c1ccccc1. The predicted octanol–water partition coefficient (Wildman–Crippen LogP) is 2.65. The first-order valence-electron chi connectivity index (χ1n) is 8.39. The maximum Gasteiger partial charge on any atom is 0.362 e. The molecule has 0 saturated heterocycles. The zero-order chi connectivity index (χ0) is 20.9. The monoisotopic (exact) mass is 411 g/mol. The predicted molar refractivity (Wildman–Crippen MR) is 107 cm³/mol. The maximum atomic E-state index is 13.0. The van der Waals surface area contributed by atoms with Crippen LogP contribution in [0.25, 0.3) is 0 Å². The van der Waals surface area contributed by atoms with Crippen LogP contribution in [-0.2, 0) is 24.8 Å². The summed E-state index contributed by atoms with van der Waals surface area (Å²) in [6.07, 6.45) is 0. The van der Waals surface area contributed by atoms with E-state index in [9.17, 15) is 14.7 Å². The van der Waals surface area contributed by atoms with Crippen LogP contribution in [0.4, 0.5) is 5.13 Å². The summed E-state index contributed by atoms with van der Waals surface area (Å²) in [7, 11) is 1.22. The number of carbonyl (C=O) groups excluding carboxylic acids is 1. The molecular weight excluding hydrogens is 394 g/mol. The van der Waals surface area contributed by atoms with Crippen molar-refractivity contribution >= 4 is 34.1 Å². The number of thiazole rings is 1. The van der Waals surface area contributed by atoms with Crippen LogP contribution in [-0.4, -0.2) is 34.9 Å². The molecule has 0 atom stereocenters. The van der Waals surface area contributed by atoms with Gasteiger partial charge in [0.15, 0.2) is 5.13 Å². The first kappa shape index (κ1) is 20.0. The van der Waals surface area contributed by atoms with Crippen molar-refractivity contribution in [3.63, 3.8) is 0 Å². The summed E-state index contributed by atoms with van der Waals surface area (Å²) >= 11 is 1.06. The van der Waals surface area contributed by atoms with E-state index >= 15 is 0 Å². The first-order valence-corrected chi connectivity index (χ1v) is 9.27. The molecule has 0 bridgehead atoms. The summed E-state index contributed by atoms with van der Waals surface area (Å²) in [5.41, 5.74) is 4.16. The molecule has 1 heterocycles. The minimum absolute atomic E-state index is 0.0277. The largest absolute Gasteiger partial charge is 0.476 e. The van der Waals surface area contributed by atoms with E-state index in [2.05, 4.69) is 10.1 Å². The van der Waals surface area contributed by atoms with Gasteiger partial charge in [-0.05, 0) is 0 Å². The number of carboxylic acids is 1. The number of oxime groups is 1. The fourth-order valence-electron chi connectivity index (χ4n) is 2.74. The number of aliphatic carboxylic acids is 1. The number of nitrogen functional groups attached to an aromatic ring is 1. The summed E-state index contributed by atoms with van der Waals surface area (Å²) in [5.74, 6) is -2.14. The number of aromatic nitrogens is 1. The molecule has 29 heavy (non-hydrogen) atoms. The molecule has 0 unspecified atom stereocenters. The molecule has 0 radical (unpaired) electrons. The summed E-state index contributed by atoms with van der Waals surface area (Å²) in [6.45, 7) is 0. The van der Waals surface area contributed by atoms with Crippen LogP contribution in [0.1, 0.15) is 16.8 Å². The number of anilines is 1. The van der Waals surface area contributed by atoms with Gasteiger partial charge in [0.05, 0.1) is 7.11 Å². The van der Waals surface area contributed by atoms with Crippen LogP contribution < -0.4 is 5.73 Å². The van der Waals surface area contributed by atoms with Gasteiger partial charge in [-0.3, -0.25) is 0 Å². The van der Waals surface area contributed by atoms with Crippen LogP contribution in [0.2, 0.25) is 0 Å². The standard InChI is InChI=1S/C20H17N3O5S/c1-27-18(26)20(13-8-4-2-5-9-13,14-10-6-3-7-11-14)28-23-16(17(24)25)15-12-29-19(21)22-15/h2-12H,1H3,(H2,21,22)(H,24,25)/b23-16-. The van der Waals surface area contributed by atoms with Crippen LogP contribution in [0.5, 0.6) is 0 Å². The minimum Gasteiger partial charge on any atom is -0.476 e. The van der Waals surface area contributed by atoms with E-state index in [4.69, 9.17) is 15.3 Å². The van der Waals surface area contributed by atoms with Crippen LogP contribution in [0.15, 0.2) is 71.2 Å². The molecule has 0 aliphatic carbocycles. The maximum absolute atomic E-state index is 13.0. The van der Waals surface area contributed by atoms with Gasteiger partial charge in [0.25, 0.3) is 5.60 Å². The van der Waals surface area contributed by atoms with Gasteiger partial charge in [-0.25, -0.2) is 14.6 Å². The van der Waals surface area contributed by atoms with Crippen molar-refractivity contribution in [1.82, 2.24) is 4.98 Å². The van der Waals surface area contributed by atoms with Crippen LogP contribution in [0.3, 0.4) is 0 Å². The van der Waals surface area contributed by atoms with Crippen LogP contribution in [0, 0.1) is 0 Å². The van der Waals surface area contributed by atoms with Crippen molar-refractivity contribution in [2.45, 2.75) is 5.60 Å². The average Bonchev–Trinajstić information content (AvgIpc) is 3.17. The number of nitrogens with two attached hydrogens (primary N) is 1. The normalized spacial score (nSPS) is 11.7. The second-order valence-electron chi connectivity index (χ2n) is 5.81. The van der Waals surface area contributed by atoms with Crippen molar-refractivity contribution in [2.24, 2.45) is 5.16 Å². The number of methoxy groups -OCH3 is 1. The Morgan fingerprint density at radius 3 is 2.03 bits per heavy atom.